The molecule has 116 valence electrons. The van der Waals surface area contributed by atoms with Crippen molar-refractivity contribution in [3.05, 3.63) is 35.6 Å². The first-order valence-electron chi connectivity index (χ1n) is 8.05. The summed E-state index contributed by atoms with van der Waals surface area (Å²) in [7, 11) is 2.15. The summed E-state index contributed by atoms with van der Waals surface area (Å²) in [5.41, 5.74) is 7.29. The van der Waals surface area contributed by atoms with Gasteiger partial charge in [0.15, 0.2) is 0 Å². The Kier molecular flexibility index (Phi) is 4.29. The number of rotatable bonds is 4. The summed E-state index contributed by atoms with van der Waals surface area (Å²) in [6.07, 6.45) is 4.98. The molecule has 2 atom stereocenters. The van der Waals surface area contributed by atoms with Crippen LogP contribution in [0.1, 0.15) is 31.2 Å². The number of likely N-dealkylation sites (N-methyl/N-ethyl adjacent to an activating group) is 1. The molecule has 2 aliphatic rings. The Morgan fingerprint density at radius 3 is 3.00 bits per heavy atom. The minimum Gasteiger partial charge on any atom is -0.329 e. The van der Waals surface area contributed by atoms with Crippen LogP contribution in [0.4, 0.5) is 4.39 Å². The van der Waals surface area contributed by atoms with Gasteiger partial charge in [-0.3, -0.25) is 9.80 Å². The zero-order valence-corrected chi connectivity index (χ0v) is 12.9. The monoisotopic (exact) mass is 291 g/mol. The maximum Gasteiger partial charge on any atom is 0.123 e. The molecule has 0 spiro atoms. The van der Waals surface area contributed by atoms with Gasteiger partial charge in [-0.2, -0.15) is 0 Å². The van der Waals surface area contributed by atoms with Gasteiger partial charge in [0.05, 0.1) is 0 Å². The van der Waals surface area contributed by atoms with Crippen LogP contribution in [0.25, 0.3) is 0 Å². The summed E-state index contributed by atoms with van der Waals surface area (Å²) in [4.78, 5) is 4.98. The molecular formula is C17H26FN3. The van der Waals surface area contributed by atoms with Gasteiger partial charge in [-0.1, -0.05) is 18.6 Å². The van der Waals surface area contributed by atoms with Gasteiger partial charge in [-0.15, -0.1) is 0 Å². The minimum absolute atomic E-state index is 0.0484. The van der Waals surface area contributed by atoms with Crippen LogP contribution >= 0.6 is 0 Å². The lowest BCUT2D eigenvalue weighted by atomic mass is 9.83. The van der Waals surface area contributed by atoms with Crippen molar-refractivity contribution in [2.45, 2.75) is 43.8 Å². The molecule has 2 fully saturated rings. The molecule has 0 aromatic heterocycles. The molecule has 2 N–H and O–H groups in total. The van der Waals surface area contributed by atoms with Crippen LogP contribution in [0, 0.1) is 5.82 Å². The molecule has 0 bridgehead atoms. The zero-order chi connectivity index (χ0) is 14.9. The van der Waals surface area contributed by atoms with E-state index in [2.05, 4.69) is 16.8 Å². The first-order valence-corrected chi connectivity index (χ1v) is 8.05. The molecule has 3 rings (SSSR count). The molecule has 2 heterocycles. The standard InChI is InChI=1S/C17H26FN3/c1-20(12-14-5-4-6-15(18)11-14)17(13-19)8-10-21-9-3-2-7-16(17)21/h4-6,11,16H,2-3,7-10,12-13,19H2,1H3. The Morgan fingerprint density at radius 1 is 1.38 bits per heavy atom. The molecule has 0 radical (unpaired) electrons. The topological polar surface area (TPSA) is 32.5 Å². The molecule has 2 saturated heterocycles. The second-order valence-electron chi connectivity index (χ2n) is 6.59. The van der Waals surface area contributed by atoms with E-state index in [9.17, 15) is 4.39 Å². The van der Waals surface area contributed by atoms with E-state index in [4.69, 9.17) is 5.73 Å². The lowest BCUT2D eigenvalue weighted by molar-refractivity contribution is 0.0511. The van der Waals surface area contributed by atoms with Gasteiger partial charge in [0, 0.05) is 31.2 Å². The van der Waals surface area contributed by atoms with E-state index in [1.54, 1.807) is 12.1 Å². The highest BCUT2D eigenvalue weighted by Gasteiger charge is 2.49. The third-order valence-corrected chi connectivity index (χ3v) is 5.49. The molecule has 3 nitrogen and oxygen atoms in total. The molecule has 0 aliphatic carbocycles. The highest BCUT2D eigenvalue weighted by atomic mass is 19.1. The van der Waals surface area contributed by atoms with E-state index in [0.29, 0.717) is 12.6 Å². The molecular weight excluding hydrogens is 265 g/mol. The molecule has 2 aliphatic heterocycles. The van der Waals surface area contributed by atoms with Crippen molar-refractivity contribution in [1.29, 1.82) is 0 Å². The SMILES string of the molecule is CN(Cc1cccc(F)c1)C1(CN)CCN2CCCCC21. The number of nitrogens with zero attached hydrogens (tertiary/aromatic N) is 2. The second-order valence-corrected chi connectivity index (χ2v) is 6.59. The lowest BCUT2D eigenvalue weighted by Crippen LogP contribution is -2.60. The van der Waals surface area contributed by atoms with Gasteiger partial charge in [-0.05, 0) is 50.6 Å². The third-order valence-electron chi connectivity index (χ3n) is 5.49. The maximum atomic E-state index is 13.4. The maximum absolute atomic E-state index is 13.4. The van der Waals surface area contributed by atoms with Gasteiger partial charge in [0.1, 0.15) is 5.82 Å². The Hall–Kier alpha value is -0.970. The normalized spacial score (nSPS) is 29.8. The van der Waals surface area contributed by atoms with Gasteiger partial charge in [-0.25, -0.2) is 4.39 Å². The first-order chi connectivity index (χ1) is 10.2. The lowest BCUT2D eigenvalue weighted by Gasteiger charge is -2.46. The predicted octanol–water partition coefficient (Wildman–Crippen LogP) is 2.21. The van der Waals surface area contributed by atoms with Crippen molar-refractivity contribution >= 4 is 0 Å². The number of hydrogen-bond acceptors (Lipinski definition) is 3. The highest BCUT2D eigenvalue weighted by molar-refractivity contribution is 5.18. The fraction of sp³-hybridized carbons (Fsp3) is 0.647. The highest BCUT2D eigenvalue weighted by Crippen LogP contribution is 2.38. The van der Waals surface area contributed by atoms with Crippen LogP contribution in [0.15, 0.2) is 24.3 Å². The quantitative estimate of drug-likeness (QED) is 0.923. The number of hydrogen-bond donors (Lipinski definition) is 1. The van der Waals surface area contributed by atoms with E-state index in [0.717, 1.165) is 25.1 Å². The summed E-state index contributed by atoms with van der Waals surface area (Å²) in [5.74, 6) is -0.159. The smallest absolute Gasteiger partial charge is 0.123 e. The van der Waals surface area contributed by atoms with Gasteiger partial charge >= 0.3 is 0 Å². The summed E-state index contributed by atoms with van der Waals surface area (Å²) in [5, 5.41) is 0. The van der Waals surface area contributed by atoms with Crippen LogP contribution in [0.3, 0.4) is 0 Å². The van der Waals surface area contributed by atoms with Crippen molar-refractivity contribution < 1.29 is 4.39 Å². The fourth-order valence-electron chi connectivity index (χ4n) is 4.28. The fourth-order valence-corrected chi connectivity index (χ4v) is 4.28. The molecule has 1 aromatic carbocycles. The zero-order valence-electron chi connectivity index (χ0n) is 12.9. The van der Waals surface area contributed by atoms with Gasteiger partial charge in [0.2, 0.25) is 0 Å². The number of nitrogens with two attached hydrogens (primary N) is 1. The minimum atomic E-state index is -0.159. The van der Waals surface area contributed by atoms with Crippen molar-refractivity contribution in [1.82, 2.24) is 9.80 Å². The van der Waals surface area contributed by atoms with Crippen LogP contribution in [-0.4, -0.2) is 48.1 Å². The van der Waals surface area contributed by atoms with Crippen molar-refractivity contribution in [2.24, 2.45) is 5.73 Å². The van der Waals surface area contributed by atoms with Gasteiger partial charge in [0.25, 0.3) is 0 Å². The van der Waals surface area contributed by atoms with E-state index in [1.165, 1.54) is 31.9 Å². The summed E-state index contributed by atoms with van der Waals surface area (Å²) < 4.78 is 13.4. The third kappa shape index (κ3) is 2.72. The van der Waals surface area contributed by atoms with E-state index < -0.39 is 0 Å². The molecule has 0 amide bonds. The van der Waals surface area contributed by atoms with E-state index in [-0.39, 0.29) is 11.4 Å². The van der Waals surface area contributed by atoms with E-state index in [1.807, 2.05) is 6.07 Å². The largest absolute Gasteiger partial charge is 0.329 e. The van der Waals surface area contributed by atoms with Crippen LogP contribution in [-0.2, 0) is 6.54 Å². The first kappa shape index (κ1) is 14.9. The Morgan fingerprint density at radius 2 is 2.24 bits per heavy atom. The summed E-state index contributed by atoms with van der Waals surface area (Å²) in [6.45, 7) is 3.80. The van der Waals surface area contributed by atoms with Crippen LogP contribution < -0.4 is 5.73 Å². The number of halogens is 1. The molecule has 2 unspecified atom stereocenters. The summed E-state index contributed by atoms with van der Waals surface area (Å²) >= 11 is 0. The Labute approximate surface area is 126 Å². The number of benzene rings is 1. The van der Waals surface area contributed by atoms with Crippen molar-refractivity contribution in [2.75, 3.05) is 26.7 Å². The molecule has 1 aromatic rings. The average molecular weight is 291 g/mol. The summed E-state index contributed by atoms with van der Waals surface area (Å²) in [6, 6.07) is 7.48. The van der Waals surface area contributed by atoms with Crippen molar-refractivity contribution in [3.8, 4) is 0 Å². The van der Waals surface area contributed by atoms with E-state index >= 15 is 0 Å². The Balaban J connectivity index is 1.79. The predicted molar refractivity (Wildman–Crippen MR) is 83.5 cm³/mol. The average Bonchev–Trinajstić information content (AvgIpc) is 2.87. The van der Waals surface area contributed by atoms with Crippen molar-refractivity contribution in [3.63, 3.8) is 0 Å². The molecule has 4 heteroatoms. The number of piperidine rings is 1. The van der Waals surface area contributed by atoms with Crippen LogP contribution in [0.2, 0.25) is 0 Å². The second kappa shape index (κ2) is 6.03. The number of fused-ring (bicyclic) bond motifs is 1. The van der Waals surface area contributed by atoms with Crippen LogP contribution in [0.5, 0.6) is 0 Å². The Bertz CT molecular complexity index is 493. The molecule has 21 heavy (non-hydrogen) atoms. The molecule has 0 saturated carbocycles. The van der Waals surface area contributed by atoms with Gasteiger partial charge < -0.3 is 5.73 Å².